The van der Waals surface area contributed by atoms with Gasteiger partial charge in [0.2, 0.25) is 12.7 Å². The van der Waals surface area contributed by atoms with Gasteiger partial charge in [-0.25, -0.2) is 0 Å². The predicted molar refractivity (Wildman–Crippen MR) is 152 cm³/mol. The van der Waals surface area contributed by atoms with Crippen molar-refractivity contribution in [2.24, 2.45) is 0 Å². The Balaban J connectivity index is 1.27. The number of benzene rings is 3. The number of rotatable bonds is 9. The Morgan fingerprint density at radius 2 is 1.58 bits per heavy atom. The van der Waals surface area contributed by atoms with Crippen molar-refractivity contribution < 1.29 is 14.3 Å². The van der Waals surface area contributed by atoms with Crippen LogP contribution >= 0.6 is 0 Å². The van der Waals surface area contributed by atoms with Crippen molar-refractivity contribution in [1.29, 1.82) is 0 Å². The Morgan fingerprint density at radius 3 is 2.32 bits per heavy atom. The first-order valence-corrected chi connectivity index (χ1v) is 13.3. The number of para-hydroxylation sites is 1. The van der Waals surface area contributed by atoms with E-state index in [1.807, 2.05) is 72.5 Å². The van der Waals surface area contributed by atoms with E-state index in [1.54, 1.807) is 0 Å². The van der Waals surface area contributed by atoms with Crippen LogP contribution in [0.4, 0.5) is 5.69 Å². The summed E-state index contributed by atoms with van der Waals surface area (Å²) in [6.07, 6.45) is 7.98. The average molecular weight is 510 g/mol. The number of hydrogen-bond donors (Lipinski definition) is 0. The first-order chi connectivity index (χ1) is 18.7. The van der Waals surface area contributed by atoms with Gasteiger partial charge in [-0.15, -0.1) is 0 Å². The summed E-state index contributed by atoms with van der Waals surface area (Å²) in [5.41, 5.74) is 3.36. The van der Waals surface area contributed by atoms with Gasteiger partial charge in [0.15, 0.2) is 11.5 Å². The van der Waals surface area contributed by atoms with E-state index in [1.165, 1.54) is 11.1 Å². The van der Waals surface area contributed by atoms with E-state index in [4.69, 9.17) is 9.47 Å². The van der Waals surface area contributed by atoms with Crippen LogP contribution in [0.1, 0.15) is 24.1 Å². The molecule has 1 saturated heterocycles. The molecule has 6 heteroatoms. The number of fused-ring (bicyclic) bond motifs is 1. The number of anilines is 1. The topological polar surface area (TPSA) is 45.3 Å². The number of carbonyl (C=O) groups is 1. The number of allylic oxidation sites excluding steroid dienone is 3. The van der Waals surface area contributed by atoms with Crippen LogP contribution in [0.2, 0.25) is 0 Å². The molecule has 0 aliphatic carbocycles. The molecular weight excluding hydrogens is 474 g/mol. The zero-order chi connectivity index (χ0) is 26.2. The summed E-state index contributed by atoms with van der Waals surface area (Å²) in [6.45, 7) is 6.61. The van der Waals surface area contributed by atoms with Crippen molar-refractivity contribution in [3.05, 3.63) is 114 Å². The third kappa shape index (κ3) is 6.15. The molecule has 1 amide bonds. The van der Waals surface area contributed by atoms with Crippen LogP contribution in [0.3, 0.4) is 0 Å². The summed E-state index contributed by atoms with van der Waals surface area (Å²) in [5.74, 6) is 1.72. The highest BCUT2D eigenvalue weighted by Gasteiger charge is 2.29. The lowest BCUT2D eigenvalue weighted by atomic mass is 9.96. The van der Waals surface area contributed by atoms with Crippen molar-refractivity contribution in [3.8, 4) is 11.5 Å². The molecule has 38 heavy (non-hydrogen) atoms. The van der Waals surface area contributed by atoms with Gasteiger partial charge >= 0.3 is 0 Å². The lowest BCUT2D eigenvalue weighted by Gasteiger charge is -2.40. The second-order valence-electron chi connectivity index (χ2n) is 9.53. The van der Waals surface area contributed by atoms with Crippen LogP contribution in [-0.4, -0.2) is 61.8 Å². The number of nitrogens with zero attached hydrogens (tertiary/aromatic N) is 3. The Labute approximate surface area is 225 Å². The van der Waals surface area contributed by atoms with Gasteiger partial charge in [0.25, 0.3) is 0 Å². The van der Waals surface area contributed by atoms with E-state index in [0.29, 0.717) is 13.1 Å². The van der Waals surface area contributed by atoms with Crippen LogP contribution in [0.15, 0.2) is 103 Å². The first kappa shape index (κ1) is 25.8. The summed E-state index contributed by atoms with van der Waals surface area (Å²) >= 11 is 0. The summed E-state index contributed by atoms with van der Waals surface area (Å²) in [7, 11) is 0. The fourth-order valence-electron chi connectivity index (χ4n) is 5.10. The normalized spacial score (nSPS) is 16.8. The zero-order valence-corrected chi connectivity index (χ0v) is 21.9. The maximum Gasteiger partial charge on any atom is 0.241 e. The van der Waals surface area contributed by atoms with Gasteiger partial charge in [-0.1, -0.05) is 78.9 Å². The number of ether oxygens (including phenoxy) is 2. The van der Waals surface area contributed by atoms with E-state index < -0.39 is 0 Å². The van der Waals surface area contributed by atoms with Crippen molar-refractivity contribution in [3.63, 3.8) is 0 Å². The standard InChI is InChI=1S/C32H35N3O3/c1-2-3-4-11-18-35(28-14-9-6-10-15-28)31(36)24-33-19-21-34(22-20-33)32(26-12-7-5-8-13-26)27-16-17-29-30(23-27)38-25-37-29/h2-17,23,32H,18-22,24-25H2,1H3/b3-2-,11-4-. The number of amides is 1. The molecule has 2 heterocycles. The Bertz CT molecular complexity index is 1250. The molecule has 3 aromatic carbocycles. The second kappa shape index (κ2) is 12.6. The molecule has 1 atom stereocenters. The third-order valence-electron chi connectivity index (χ3n) is 7.06. The molecule has 3 aromatic rings. The maximum absolute atomic E-state index is 13.4. The van der Waals surface area contributed by atoms with Gasteiger partial charge in [0.1, 0.15) is 0 Å². The fraction of sp³-hybridized carbons (Fsp3) is 0.281. The first-order valence-electron chi connectivity index (χ1n) is 13.3. The molecular formula is C32H35N3O3. The van der Waals surface area contributed by atoms with Gasteiger partial charge in [-0.3, -0.25) is 14.6 Å². The molecule has 0 aromatic heterocycles. The highest BCUT2D eigenvalue weighted by Crippen LogP contribution is 2.38. The Morgan fingerprint density at radius 1 is 0.868 bits per heavy atom. The largest absolute Gasteiger partial charge is 0.454 e. The molecule has 1 unspecified atom stereocenters. The Hall–Kier alpha value is -3.87. The molecule has 2 aliphatic heterocycles. The predicted octanol–water partition coefficient (Wildman–Crippen LogP) is 5.29. The molecule has 0 N–H and O–H groups in total. The molecule has 196 valence electrons. The molecule has 6 nitrogen and oxygen atoms in total. The molecule has 0 bridgehead atoms. The lowest BCUT2D eigenvalue weighted by Crippen LogP contribution is -2.51. The van der Waals surface area contributed by atoms with Gasteiger partial charge in [-0.05, 0) is 42.3 Å². The molecule has 1 fully saturated rings. The van der Waals surface area contributed by atoms with Crippen LogP contribution in [-0.2, 0) is 4.79 Å². The van der Waals surface area contributed by atoms with Crippen molar-refractivity contribution in [1.82, 2.24) is 9.80 Å². The molecule has 2 aliphatic rings. The van der Waals surface area contributed by atoms with Crippen LogP contribution in [0.25, 0.3) is 0 Å². The third-order valence-corrected chi connectivity index (χ3v) is 7.06. The van der Waals surface area contributed by atoms with Gasteiger partial charge < -0.3 is 14.4 Å². The van der Waals surface area contributed by atoms with Crippen LogP contribution in [0.5, 0.6) is 11.5 Å². The summed E-state index contributed by atoms with van der Waals surface area (Å²) < 4.78 is 11.2. The van der Waals surface area contributed by atoms with E-state index in [0.717, 1.165) is 43.4 Å². The summed E-state index contributed by atoms with van der Waals surface area (Å²) in [6, 6.07) is 26.9. The lowest BCUT2D eigenvalue weighted by molar-refractivity contribution is -0.120. The maximum atomic E-state index is 13.4. The summed E-state index contributed by atoms with van der Waals surface area (Å²) in [5, 5.41) is 0. The van der Waals surface area contributed by atoms with Crippen LogP contribution < -0.4 is 14.4 Å². The number of piperazine rings is 1. The Kier molecular flexibility index (Phi) is 8.53. The van der Waals surface area contributed by atoms with E-state index >= 15 is 0 Å². The molecule has 0 saturated carbocycles. The second-order valence-corrected chi connectivity index (χ2v) is 9.53. The fourth-order valence-corrected chi connectivity index (χ4v) is 5.10. The summed E-state index contributed by atoms with van der Waals surface area (Å²) in [4.78, 5) is 20.1. The van der Waals surface area contributed by atoms with Crippen molar-refractivity contribution >= 4 is 11.6 Å². The van der Waals surface area contributed by atoms with Crippen LogP contribution in [0, 0.1) is 0 Å². The highest BCUT2D eigenvalue weighted by atomic mass is 16.7. The zero-order valence-electron chi connectivity index (χ0n) is 21.9. The van der Waals surface area contributed by atoms with E-state index in [-0.39, 0.29) is 18.7 Å². The van der Waals surface area contributed by atoms with Gasteiger partial charge in [-0.2, -0.15) is 0 Å². The number of hydrogen-bond acceptors (Lipinski definition) is 5. The number of carbonyl (C=O) groups excluding carboxylic acids is 1. The minimum Gasteiger partial charge on any atom is -0.454 e. The molecule has 0 radical (unpaired) electrons. The molecule has 5 rings (SSSR count). The smallest absolute Gasteiger partial charge is 0.241 e. The van der Waals surface area contributed by atoms with E-state index in [9.17, 15) is 4.79 Å². The van der Waals surface area contributed by atoms with Crippen molar-refractivity contribution in [2.45, 2.75) is 13.0 Å². The quantitative estimate of drug-likeness (QED) is 0.367. The SMILES string of the molecule is C/C=C\C=C/CN(C(=O)CN1CCN(C(c2ccccc2)c2ccc3c(c2)OCO3)CC1)c1ccccc1. The minimum atomic E-state index is 0.112. The molecule has 0 spiro atoms. The minimum absolute atomic E-state index is 0.112. The van der Waals surface area contributed by atoms with Gasteiger partial charge in [0, 0.05) is 38.4 Å². The monoisotopic (exact) mass is 509 g/mol. The van der Waals surface area contributed by atoms with Gasteiger partial charge in [0.05, 0.1) is 12.6 Å². The van der Waals surface area contributed by atoms with Crippen molar-refractivity contribution in [2.75, 3.05) is 51.0 Å². The average Bonchev–Trinajstić information content (AvgIpc) is 3.43. The van der Waals surface area contributed by atoms with E-state index in [2.05, 4.69) is 52.3 Å². The highest BCUT2D eigenvalue weighted by molar-refractivity contribution is 5.95.